The number of carboxylic acid groups (broad SMARTS) is 1. The lowest BCUT2D eigenvalue weighted by Gasteiger charge is -2.31. The number of amides is 1. The van der Waals surface area contributed by atoms with Crippen LogP contribution in [0.5, 0.6) is 5.75 Å². The second kappa shape index (κ2) is 10.9. The molecule has 0 spiro atoms. The molecule has 2 aromatic rings. The zero-order valence-electron chi connectivity index (χ0n) is 18.2. The van der Waals surface area contributed by atoms with E-state index in [-0.39, 0.29) is 35.4 Å². The Hall–Kier alpha value is -3.19. The maximum absolute atomic E-state index is 13.0. The summed E-state index contributed by atoms with van der Waals surface area (Å²) in [4.78, 5) is 24.0. The highest BCUT2D eigenvalue weighted by Gasteiger charge is 2.32. The molecule has 1 aliphatic rings. The van der Waals surface area contributed by atoms with Crippen LogP contribution in [0, 0.1) is 11.7 Å². The van der Waals surface area contributed by atoms with Gasteiger partial charge in [-0.25, -0.2) is 9.18 Å². The first-order valence-electron chi connectivity index (χ1n) is 10.6. The van der Waals surface area contributed by atoms with Gasteiger partial charge in [-0.1, -0.05) is 23.8 Å². The minimum Gasteiger partial charge on any atom is -0.491 e. The van der Waals surface area contributed by atoms with E-state index in [2.05, 4.69) is 11.4 Å². The molecule has 7 heteroatoms. The van der Waals surface area contributed by atoms with Crippen molar-refractivity contribution >= 4 is 11.9 Å². The fourth-order valence-corrected chi connectivity index (χ4v) is 3.70. The van der Waals surface area contributed by atoms with Crippen LogP contribution in [0.2, 0.25) is 0 Å². The summed E-state index contributed by atoms with van der Waals surface area (Å²) in [5, 5.41) is 12.1. The summed E-state index contributed by atoms with van der Waals surface area (Å²) in [7, 11) is 0. The van der Waals surface area contributed by atoms with Crippen LogP contribution in [-0.4, -0.2) is 36.3 Å². The molecule has 6 nitrogen and oxygen atoms in total. The maximum atomic E-state index is 13.0. The summed E-state index contributed by atoms with van der Waals surface area (Å²) >= 11 is 0. The van der Waals surface area contributed by atoms with Crippen LogP contribution in [-0.2, 0) is 9.53 Å². The van der Waals surface area contributed by atoms with Gasteiger partial charge in [-0.15, -0.1) is 0 Å². The van der Waals surface area contributed by atoms with E-state index in [9.17, 15) is 14.0 Å². The smallest absolute Gasteiger partial charge is 0.335 e. The van der Waals surface area contributed by atoms with Crippen LogP contribution < -0.4 is 10.1 Å². The number of nitrogens with one attached hydrogen (secondary N) is 1. The summed E-state index contributed by atoms with van der Waals surface area (Å²) in [6.45, 7) is 4.48. The third-order valence-electron chi connectivity index (χ3n) is 5.54. The third-order valence-corrected chi connectivity index (χ3v) is 5.54. The summed E-state index contributed by atoms with van der Waals surface area (Å²) in [6.07, 6.45) is 3.07. The SMILES string of the molecule is CC1=CCC(OCCOc2ccc(F)cc2)C(C(=O)N[C@@H](C)c2ccc(C(=O)O)cc2)C1. The number of benzene rings is 2. The minimum absolute atomic E-state index is 0.100. The van der Waals surface area contributed by atoms with Crippen LogP contribution >= 0.6 is 0 Å². The molecule has 1 aliphatic carbocycles. The molecule has 0 saturated heterocycles. The van der Waals surface area contributed by atoms with Crippen molar-refractivity contribution < 1.29 is 28.6 Å². The van der Waals surface area contributed by atoms with Crippen molar-refractivity contribution in [1.82, 2.24) is 5.32 Å². The van der Waals surface area contributed by atoms with Gasteiger partial charge in [-0.05, 0) is 68.7 Å². The predicted octanol–water partition coefficient (Wildman–Crippen LogP) is 4.52. The first kappa shape index (κ1) is 23.5. The van der Waals surface area contributed by atoms with Crippen molar-refractivity contribution in [3.63, 3.8) is 0 Å². The Kier molecular flexibility index (Phi) is 8.00. The van der Waals surface area contributed by atoms with Gasteiger partial charge in [0, 0.05) is 0 Å². The Bertz CT molecular complexity index is 955. The first-order valence-corrected chi connectivity index (χ1v) is 10.6. The molecule has 0 fully saturated rings. The molecule has 0 heterocycles. The Labute approximate surface area is 187 Å². The van der Waals surface area contributed by atoms with Gasteiger partial charge in [0.25, 0.3) is 0 Å². The van der Waals surface area contributed by atoms with Gasteiger partial charge in [0.05, 0.1) is 30.2 Å². The first-order chi connectivity index (χ1) is 15.3. The molecular formula is C25H28FNO5. The van der Waals surface area contributed by atoms with Crippen molar-refractivity contribution in [2.75, 3.05) is 13.2 Å². The molecule has 0 bridgehead atoms. The van der Waals surface area contributed by atoms with Crippen molar-refractivity contribution in [1.29, 1.82) is 0 Å². The molecule has 170 valence electrons. The van der Waals surface area contributed by atoms with Gasteiger partial charge in [0.1, 0.15) is 18.2 Å². The van der Waals surface area contributed by atoms with E-state index < -0.39 is 5.97 Å². The van der Waals surface area contributed by atoms with Crippen LogP contribution in [0.3, 0.4) is 0 Å². The maximum Gasteiger partial charge on any atom is 0.335 e. The Morgan fingerprint density at radius 2 is 1.81 bits per heavy atom. The van der Waals surface area contributed by atoms with Crippen molar-refractivity contribution in [2.24, 2.45) is 5.92 Å². The lowest BCUT2D eigenvalue weighted by Crippen LogP contribution is -2.41. The summed E-state index contributed by atoms with van der Waals surface area (Å²) < 4.78 is 24.5. The highest BCUT2D eigenvalue weighted by molar-refractivity contribution is 5.87. The number of rotatable bonds is 9. The fraction of sp³-hybridized carbons (Fsp3) is 0.360. The van der Waals surface area contributed by atoms with E-state index >= 15 is 0 Å². The lowest BCUT2D eigenvalue weighted by atomic mass is 9.86. The number of carbonyl (C=O) groups is 2. The lowest BCUT2D eigenvalue weighted by molar-refractivity contribution is -0.131. The monoisotopic (exact) mass is 441 g/mol. The average molecular weight is 441 g/mol. The largest absolute Gasteiger partial charge is 0.491 e. The predicted molar refractivity (Wildman–Crippen MR) is 118 cm³/mol. The molecule has 1 amide bonds. The number of carbonyl (C=O) groups excluding carboxylic acids is 1. The Morgan fingerprint density at radius 1 is 1.12 bits per heavy atom. The summed E-state index contributed by atoms with van der Waals surface area (Å²) in [5.41, 5.74) is 2.18. The molecular weight excluding hydrogens is 413 g/mol. The Morgan fingerprint density at radius 3 is 2.47 bits per heavy atom. The number of aromatic carboxylic acids is 1. The highest BCUT2D eigenvalue weighted by atomic mass is 19.1. The van der Waals surface area contributed by atoms with Gasteiger partial charge in [0.2, 0.25) is 5.91 Å². The molecule has 3 atom stereocenters. The van der Waals surface area contributed by atoms with E-state index in [1.54, 1.807) is 24.3 Å². The van der Waals surface area contributed by atoms with Crippen LogP contribution in [0.15, 0.2) is 60.2 Å². The van der Waals surface area contributed by atoms with Crippen molar-refractivity contribution in [2.45, 2.75) is 38.8 Å². The third kappa shape index (κ3) is 6.40. The van der Waals surface area contributed by atoms with E-state index in [4.69, 9.17) is 14.6 Å². The van der Waals surface area contributed by atoms with Crippen LogP contribution in [0.1, 0.15) is 48.7 Å². The van der Waals surface area contributed by atoms with E-state index in [1.165, 1.54) is 24.3 Å². The van der Waals surface area contributed by atoms with Crippen molar-refractivity contribution in [3.8, 4) is 5.75 Å². The topological polar surface area (TPSA) is 84.9 Å². The summed E-state index contributed by atoms with van der Waals surface area (Å²) in [5.74, 6) is -1.17. The number of hydrogen-bond donors (Lipinski definition) is 2. The second-order valence-electron chi connectivity index (χ2n) is 7.97. The van der Waals surface area contributed by atoms with E-state index in [0.717, 1.165) is 11.1 Å². The number of halogens is 1. The second-order valence-corrected chi connectivity index (χ2v) is 7.97. The number of ether oxygens (including phenoxy) is 2. The normalized spacial score (nSPS) is 19.0. The molecule has 2 unspecified atom stereocenters. The fourth-order valence-electron chi connectivity index (χ4n) is 3.70. The summed E-state index contributed by atoms with van der Waals surface area (Å²) in [6, 6.07) is 12.0. The molecule has 0 radical (unpaired) electrons. The number of hydrogen-bond acceptors (Lipinski definition) is 4. The van der Waals surface area contributed by atoms with E-state index in [0.29, 0.717) is 31.8 Å². The standard InChI is InChI=1S/C25H28FNO5/c1-16-3-12-23(32-14-13-31-21-10-8-20(26)9-11-21)22(15-16)24(28)27-17(2)18-4-6-19(7-5-18)25(29)30/h3-11,17,22-23H,12-15H2,1-2H3,(H,27,28)(H,29,30)/t17-,22?,23?/m0/s1. The molecule has 2 N–H and O–H groups in total. The average Bonchev–Trinajstić information content (AvgIpc) is 2.78. The zero-order chi connectivity index (χ0) is 23.1. The number of allylic oxidation sites excluding steroid dienone is 1. The quantitative estimate of drug-likeness (QED) is 0.441. The van der Waals surface area contributed by atoms with Crippen molar-refractivity contribution in [3.05, 3.63) is 77.1 Å². The van der Waals surface area contributed by atoms with E-state index in [1.807, 2.05) is 13.8 Å². The Balaban J connectivity index is 1.54. The molecule has 32 heavy (non-hydrogen) atoms. The van der Waals surface area contributed by atoms with Gasteiger partial charge >= 0.3 is 5.97 Å². The molecule has 0 saturated carbocycles. The van der Waals surface area contributed by atoms with Gasteiger partial charge < -0.3 is 19.9 Å². The number of carboxylic acids is 1. The molecule has 0 aromatic heterocycles. The minimum atomic E-state index is -0.985. The molecule has 3 rings (SSSR count). The highest BCUT2D eigenvalue weighted by Crippen LogP contribution is 2.28. The van der Waals surface area contributed by atoms with Gasteiger partial charge in [-0.2, -0.15) is 0 Å². The zero-order valence-corrected chi connectivity index (χ0v) is 18.2. The van der Waals surface area contributed by atoms with Gasteiger partial charge in [-0.3, -0.25) is 4.79 Å². The van der Waals surface area contributed by atoms with Gasteiger partial charge in [0.15, 0.2) is 0 Å². The molecule has 0 aliphatic heterocycles. The van der Waals surface area contributed by atoms with Crippen LogP contribution in [0.4, 0.5) is 4.39 Å². The molecule has 2 aromatic carbocycles. The van der Waals surface area contributed by atoms with Crippen LogP contribution in [0.25, 0.3) is 0 Å².